The summed E-state index contributed by atoms with van der Waals surface area (Å²) in [5.74, 6) is -0.161. The molecule has 0 aliphatic carbocycles. The molecular weight excluding hydrogens is 266 g/mol. The molecule has 1 N–H and O–H groups in total. The number of aromatic carboxylic acids is 1. The molecule has 0 aliphatic heterocycles. The molecule has 21 heavy (non-hydrogen) atoms. The van der Waals surface area contributed by atoms with Crippen molar-refractivity contribution >= 4 is 11.8 Å². The number of aromatic nitrogens is 2. The maximum atomic E-state index is 11.0. The fourth-order valence-corrected chi connectivity index (χ4v) is 2.24. The van der Waals surface area contributed by atoms with E-state index in [0.29, 0.717) is 6.54 Å². The van der Waals surface area contributed by atoms with Crippen molar-refractivity contribution in [3.63, 3.8) is 0 Å². The maximum absolute atomic E-state index is 11.0. The highest BCUT2D eigenvalue weighted by atomic mass is 16.4. The molecule has 2 aromatic rings. The van der Waals surface area contributed by atoms with E-state index in [1.807, 2.05) is 39.0 Å². The number of carboxylic acid groups (broad SMARTS) is 1. The summed E-state index contributed by atoms with van der Waals surface area (Å²) in [5, 5.41) is 9.00. The Bertz CT molecular complexity index is 656. The highest BCUT2D eigenvalue weighted by molar-refractivity contribution is 5.87. The SMILES string of the molecule is CCN(Cc1cccc(C)n1)c1ncc(C(=O)O)cc1C. The van der Waals surface area contributed by atoms with E-state index in [1.54, 1.807) is 6.07 Å². The first-order valence-corrected chi connectivity index (χ1v) is 6.88. The lowest BCUT2D eigenvalue weighted by molar-refractivity contribution is 0.0696. The van der Waals surface area contributed by atoms with Gasteiger partial charge in [0, 0.05) is 18.4 Å². The van der Waals surface area contributed by atoms with E-state index in [2.05, 4.69) is 14.9 Å². The van der Waals surface area contributed by atoms with Gasteiger partial charge >= 0.3 is 5.97 Å². The predicted molar refractivity (Wildman–Crippen MR) is 81.6 cm³/mol. The molecule has 0 aliphatic rings. The van der Waals surface area contributed by atoms with Crippen LogP contribution in [0.5, 0.6) is 0 Å². The molecule has 0 saturated heterocycles. The van der Waals surface area contributed by atoms with Gasteiger partial charge in [-0.15, -0.1) is 0 Å². The van der Waals surface area contributed by atoms with Gasteiger partial charge in [0.1, 0.15) is 5.82 Å². The quantitative estimate of drug-likeness (QED) is 0.915. The standard InChI is InChI=1S/C16H19N3O2/c1-4-19(10-14-7-5-6-12(3)18-14)15-11(2)8-13(9-17-15)16(20)21/h5-9H,4,10H2,1-3H3,(H,20,21). The highest BCUT2D eigenvalue weighted by Gasteiger charge is 2.13. The van der Waals surface area contributed by atoms with Crippen LogP contribution >= 0.6 is 0 Å². The van der Waals surface area contributed by atoms with E-state index in [0.717, 1.165) is 29.3 Å². The average molecular weight is 285 g/mol. The van der Waals surface area contributed by atoms with Gasteiger partial charge in [-0.25, -0.2) is 9.78 Å². The molecule has 2 heterocycles. The minimum atomic E-state index is -0.958. The third kappa shape index (κ3) is 3.56. The molecule has 0 amide bonds. The first-order chi connectivity index (χ1) is 10.0. The number of anilines is 1. The molecule has 0 aromatic carbocycles. The number of rotatable bonds is 5. The third-order valence-electron chi connectivity index (χ3n) is 3.28. The Morgan fingerprint density at radius 3 is 2.67 bits per heavy atom. The second-order valence-corrected chi connectivity index (χ2v) is 4.95. The average Bonchev–Trinajstić information content (AvgIpc) is 2.45. The normalized spacial score (nSPS) is 10.4. The predicted octanol–water partition coefficient (Wildman–Crippen LogP) is 2.82. The molecule has 0 unspecified atom stereocenters. The van der Waals surface area contributed by atoms with Crippen LogP contribution in [0.25, 0.3) is 0 Å². The summed E-state index contributed by atoms with van der Waals surface area (Å²) in [6, 6.07) is 7.58. The van der Waals surface area contributed by atoms with E-state index >= 15 is 0 Å². The number of pyridine rings is 2. The molecule has 0 fully saturated rings. The number of hydrogen-bond acceptors (Lipinski definition) is 4. The fourth-order valence-electron chi connectivity index (χ4n) is 2.24. The van der Waals surface area contributed by atoms with Crippen molar-refractivity contribution in [1.82, 2.24) is 9.97 Å². The summed E-state index contributed by atoms with van der Waals surface area (Å²) in [4.78, 5) is 21.9. The first kappa shape index (κ1) is 15.0. The zero-order chi connectivity index (χ0) is 15.4. The number of hydrogen-bond donors (Lipinski definition) is 1. The van der Waals surface area contributed by atoms with E-state index in [9.17, 15) is 4.79 Å². The van der Waals surface area contributed by atoms with Crippen molar-refractivity contribution in [2.75, 3.05) is 11.4 Å². The molecule has 0 bridgehead atoms. The molecule has 0 spiro atoms. The third-order valence-corrected chi connectivity index (χ3v) is 3.28. The summed E-state index contributed by atoms with van der Waals surface area (Å²) in [6.07, 6.45) is 1.40. The Morgan fingerprint density at radius 2 is 2.10 bits per heavy atom. The van der Waals surface area contributed by atoms with Crippen LogP contribution in [-0.4, -0.2) is 27.6 Å². The van der Waals surface area contributed by atoms with Crippen molar-refractivity contribution in [1.29, 1.82) is 0 Å². The molecule has 5 nitrogen and oxygen atoms in total. The molecule has 5 heteroatoms. The van der Waals surface area contributed by atoms with Crippen molar-refractivity contribution in [3.05, 3.63) is 53.0 Å². The molecular formula is C16H19N3O2. The fraction of sp³-hybridized carbons (Fsp3) is 0.312. The van der Waals surface area contributed by atoms with Crippen LogP contribution in [0.15, 0.2) is 30.5 Å². The number of nitrogens with zero attached hydrogens (tertiary/aromatic N) is 3. The zero-order valence-electron chi connectivity index (χ0n) is 12.5. The monoisotopic (exact) mass is 285 g/mol. The van der Waals surface area contributed by atoms with Crippen molar-refractivity contribution in [2.45, 2.75) is 27.3 Å². The lowest BCUT2D eigenvalue weighted by atomic mass is 10.2. The lowest BCUT2D eigenvalue weighted by Gasteiger charge is -2.23. The van der Waals surface area contributed by atoms with Gasteiger partial charge in [0.25, 0.3) is 0 Å². The van der Waals surface area contributed by atoms with Crippen LogP contribution in [0.4, 0.5) is 5.82 Å². The Labute approximate surface area is 124 Å². The Morgan fingerprint density at radius 1 is 1.33 bits per heavy atom. The van der Waals surface area contributed by atoms with Crippen LogP contribution in [0.1, 0.15) is 34.2 Å². The minimum Gasteiger partial charge on any atom is -0.478 e. The number of aryl methyl sites for hydroxylation is 2. The highest BCUT2D eigenvalue weighted by Crippen LogP contribution is 2.19. The van der Waals surface area contributed by atoms with Crippen LogP contribution in [-0.2, 0) is 6.54 Å². The van der Waals surface area contributed by atoms with E-state index < -0.39 is 5.97 Å². The number of carboxylic acids is 1. The van der Waals surface area contributed by atoms with Gasteiger partial charge in [-0.3, -0.25) is 4.98 Å². The molecule has 0 radical (unpaired) electrons. The maximum Gasteiger partial charge on any atom is 0.337 e. The van der Waals surface area contributed by atoms with Gasteiger partial charge in [0.05, 0.1) is 17.8 Å². The lowest BCUT2D eigenvalue weighted by Crippen LogP contribution is -2.25. The molecule has 110 valence electrons. The van der Waals surface area contributed by atoms with E-state index in [4.69, 9.17) is 5.11 Å². The topological polar surface area (TPSA) is 66.3 Å². The van der Waals surface area contributed by atoms with Gasteiger partial charge in [-0.2, -0.15) is 0 Å². The number of carbonyl (C=O) groups is 1. The van der Waals surface area contributed by atoms with Crippen molar-refractivity contribution < 1.29 is 9.90 Å². The Kier molecular flexibility index (Phi) is 4.52. The molecule has 0 atom stereocenters. The summed E-state index contributed by atoms with van der Waals surface area (Å²) >= 11 is 0. The van der Waals surface area contributed by atoms with Gasteiger partial charge in [0.2, 0.25) is 0 Å². The Balaban J connectivity index is 2.27. The van der Waals surface area contributed by atoms with Crippen LogP contribution in [0, 0.1) is 13.8 Å². The van der Waals surface area contributed by atoms with Gasteiger partial charge in [0.15, 0.2) is 0 Å². The second kappa shape index (κ2) is 6.35. The van der Waals surface area contributed by atoms with Gasteiger partial charge in [-0.05, 0) is 44.5 Å². The Hall–Kier alpha value is -2.43. The zero-order valence-corrected chi connectivity index (χ0v) is 12.5. The summed E-state index contributed by atoms with van der Waals surface area (Å²) in [7, 11) is 0. The summed E-state index contributed by atoms with van der Waals surface area (Å²) in [5.41, 5.74) is 3.01. The molecule has 2 rings (SSSR count). The summed E-state index contributed by atoms with van der Waals surface area (Å²) < 4.78 is 0. The van der Waals surface area contributed by atoms with Crippen LogP contribution in [0.2, 0.25) is 0 Å². The van der Waals surface area contributed by atoms with E-state index in [-0.39, 0.29) is 5.56 Å². The van der Waals surface area contributed by atoms with Gasteiger partial charge < -0.3 is 10.0 Å². The largest absolute Gasteiger partial charge is 0.478 e. The van der Waals surface area contributed by atoms with Crippen molar-refractivity contribution in [3.8, 4) is 0 Å². The van der Waals surface area contributed by atoms with Crippen molar-refractivity contribution in [2.24, 2.45) is 0 Å². The second-order valence-electron chi connectivity index (χ2n) is 4.95. The minimum absolute atomic E-state index is 0.209. The van der Waals surface area contributed by atoms with Crippen LogP contribution in [0.3, 0.4) is 0 Å². The van der Waals surface area contributed by atoms with Crippen LogP contribution < -0.4 is 4.90 Å². The smallest absolute Gasteiger partial charge is 0.337 e. The van der Waals surface area contributed by atoms with E-state index in [1.165, 1.54) is 6.20 Å². The van der Waals surface area contributed by atoms with Gasteiger partial charge in [-0.1, -0.05) is 6.07 Å². The first-order valence-electron chi connectivity index (χ1n) is 6.88. The molecule has 2 aromatic heterocycles. The summed E-state index contributed by atoms with van der Waals surface area (Å²) in [6.45, 7) is 7.31. The molecule has 0 saturated carbocycles.